The van der Waals surface area contributed by atoms with E-state index in [1.165, 1.54) is 10.8 Å². The molecule has 0 aliphatic carbocycles. The van der Waals surface area contributed by atoms with Crippen LogP contribution in [0.25, 0.3) is 22.0 Å². The number of halogens is 1. The zero-order chi connectivity index (χ0) is 12.5. The van der Waals surface area contributed by atoms with Gasteiger partial charge in [-0.15, -0.1) is 0 Å². The van der Waals surface area contributed by atoms with E-state index in [-0.39, 0.29) is 5.28 Å². The maximum Gasteiger partial charge on any atom is 0.223 e. The van der Waals surface area contributed by atoms with Crippen molar-refractivity contribution in [2.75, 3.05) is 0 Å². The summed E-state index contributed by atoms with van der Waals surface area (Å²) in [4.78, 5) is 8.40. The Morgan fingerprint density at radius 2 is 1.72 bits per heavy atom. The summed E-state index contributed by atoms with van der Waals surface area (Å²) in [6.45, 7) is 1.92. The van der Waals surface area contributed by atoms with Crippen LogP contribution < -0.4 is 0 Å². The Bertz CT molecular complexity index is 697. The fourth-order valence-electron chi connectivity index (χ4n) is 2.12. The number of rotatable bonds is 1. The highest BCUT2D eigenvalue weighted by Gasteiger charge is 2.06. The van der Waals surface area contributed by atoms with Gasteiger partial charge in [0.05, 0.1) is 5.69 Å². The molecule has 0 atom stereocenters. The summed E-state index contributed by atoms with van der Waals surface area (Å²) < 4.78 is 0. The molecule has 0 radical (unpaired) electrons. The zero-order valence-electron chi connectivity index (χ0n) is 9.89. The second-order valence-electron chi connectivity index (χ2n) is 4.19. The van der Waals surface area contributed by atoms with E-state index in [0.29, 0.717) is 0 Å². The van der Waals surface area contributed by atoms with E-state index < -0.39 is 0 Å². The van der Waals surface area contributed by atoms with E-state index in [9.17, 15) is 0 Å². The largest absolute Gasteiger partial charge is 0.223 e. The topological polar surface area (TPSA) is 25.8 Å². The Kier molecular flexibility index (Phi) is 2.73. The van der Waals surface area contributed by atoms with Crippen molar-refractivity contribution < 1.29 is 0 Å². The Morgan fingerprint density at radius 1 is 0.944 bits per heavy atom. The van der Waals surface area contributed by atoms with Crippen molar-refractivity contribution in [3.05, 3.63) is 59.5 Å². The summed E-state index contributed by atoms with van der Waals surface area (Å²) in [5, 5.41) is 2.66. The van der Waals surface area contributed by atoms with Gasteiger partial charge < -0.3 is 0 Å². The van der Waals surface area contributed by atoms with Crippen molar-refractivity contribution in [1.29, 1.82) is 0 Å². The lowest BCUT2D eigenvalue weighted by atomic mass is 10.0. The minimum Gasteiger partial charge on any atom is -0.223 e. The summed E-state index contributed by atoms with van der Waals surface area (Å²) in [6, 6.07) is 16.4. The molecule has 0 fully saturated rings. The summed E-state index contributed by atoms with van der Waals surface area (Å²) in [5.74, 6) is 0. The molecule has 0 unspecified atom stereocenters. The van der Waals surface area contributed by atoms with Crippen LogP contribution in [0.3, 0.4) is 0 Å². The lowest BCUT2D eigenvalue weighted by Gasteiger charge is -2.06. The molecular formula is C15H11ClN2. The molecule has 3 aromatic rings. The van der Waals surface area contributed by atoms with Gasteiger partial charge in [0.2, 0.25) is 5.28 Å². The van der Waals surface area contributed by atoms with Gasteiger partial charge in [0.1, 0.15) is 0 Å². The molecule has 0 bridgehead atoms. The van der Waals surface area contributed by atoms with Crippen molar-refractivity contribution in [3.8, 4) is 11.3 Å². The lowest BCUT2D eigenvalue weighted by molar-refractivity contribution is 1.11. The van der Waals surface area contributed by atoms with E-state index >= 15 is 0 Å². The second kappa shape index (κ2) is 4.39. The van der Waals surface area contributed by atoms with Crippen LogP contribution in [0.2, 0.25) is 5.28 Å². The number of aromatic nitrogens is 2. The van der Waals surface area contributed by atoms with Gasteiger partial charge in [-0.25, -0.2) is 9.97 Å². The van der Waals surface area contributed by atoms with Crippen LogP contribution in [0, 0.1) is 6.92 Å². The summed E-state index contributed by atoms with van der Waals surface area (Å²) >= 11 is 5.93. The molecule has 2 aromatic carbocycles. The highest BCUT2D eigenvalue weighted by atomic mass is 35.5. The van der Waals surface area contributed by atoms with E-state index in [2.05, 4.69) is 34.2 Å². The number of nitrogens with zero attached hydrogens (tertiary/aromatic N) is 2. The molecule has 3 rings (SSSR count). The van der Waals surface area contributed by atoms with E-state index in [1.54, 1.807) is 0 Å². The molecular weight excluding hydrogens is 244 g/mol. The Labute approximate surface area is 110 Å². The monoisotopic (exact) mass is 254 g/mol. The van der Waals surface area contributed by atoms with Crippen LogP contribution in [0.4, 0.5) is 0 Å². The zero-order valence-corrected chi connectivity index (χ0v) is 10.6. The number of hydrogen-bond donors (Lipinski definition) is 0. The number of hydrogen-bond acceptors (Lipinski definition) is 2. The predicted octanol–water partition coefficient (Wildman–Crippen LogP) is 4.26. The number of fused-ring (bicyclic) bond motifs is 1. The molecule has 2 nitrogen and oxygen atoms in total. The molecule has 1 aromatic heterocycles. The normalized spacial score (nSPS) is 10.8. The predicted molar refractivity (Wildman–Crippen MR) is 74.7 cm³/mol. The van der Waals surface area contributed by atoms with E-state index in [1.807, 2.05) is 31.2 Å². The molecule has 1 heterocycles. The quantitative estimate of drug-likeness (QED) is 0.607. The van der Waals surface area contributed by atoms with Crippen LogP contribution in [-0.4, -0.2) is 9.97 Å². The van der Waals surface area contributed by atoms with Crippen molar-refractivity contribution >= 4 is 22.4 Å². The Morgan fingerprint density at radius 3 is 2.56 bits per heavy atom. The molecule has 0 saturated carbocycles. The molecule has 3 heteroatoms. The van der Waals surface area contributed by atoms with E-state index in [4.69, 9.17) is 11.6 Å². The van der Waals surface area contributed by atoms with Gasteiger partial charge in [-0.05, 0) is 35.4 Å². The summed E-state index contributed by atoms with van der Waals surface area (Å²) in [6.07, 6.45) is 0. The van der Waals surface area contributed by atoms with Gasteiger partial charge in [-0.1, -0.05) is 42.5 Å². The first-order valence-corrected chi connectivity index (χ1v) is 6.11. The smallest absolute Gasteiger partial charge is 0.223 e. The third kappa shape index (κ3) is 1.95. The molecule has 0 saturated heterocycles. The highest BCUT2D eigenvalue weighted by molar-refractivity contribution is 6.28. The molecule has 18 heavy (non-hydrogen) atoms. The van der Waals surface area contributed by atoms with Crippen LogP contribution in [0.5, 0.6) is 0 Å². The van der Waals surface area contributed by atoms with Gasteiger partial charge in [0, 0.05) is 11.3 Å². The molecule has 0 aliphatic heterocycles. The molecule has 0 aliphatic rings. The molecule has 0 amide bonds. The van der Waals surface area contributed by atoms with Crippen molar-refractivity contribution in [1.82, 2.24) is 9.97 Å². The van der Waals surface area contributed by atoms with Crippen molar-refractivity contribution in [2.24, 2.45) is 0 Å². The maximum atomic E-state index is 5.93. The fraction of sp³-hybridized carbons (Fsp3) is 0.0667. The molecule has 0 spiro atoms. The van der Waals surface area contributed by atoms with Crippen LogP contribution >= 0.6 is 11.6 Å². The first-order valence-electron chi connectivity index (χ1n) is 5.73. The Hall–Kier alpha value is -1.93. The van der Waals surface area contributed by atoms with Gasteiger partial charge in [0.25, 0.3) is 0 Å². The SMILES string of the molecule is Cc1cc(-c2cccc3ccccc23)nc(Cl)n1. The van der Waals surface area contributed by atoms with Crippen LogP contribution in [-0.2, 0) is 0 Å². The van der Waals surface area contributed by atoms with E-state index in [0.717, 1.165) is 17.0 Å². The molecule has 0 N–H and O–H groups in total. The van der Waals surface area contributed by atoms with Crippen LogP contribution in [0.15, 0.2) is 48.5 Å². The number of aryl methyl sites for hydroxylation is 1. The first-order chi connectivity index (χ1) is 8.74. The summed E-state index contributed by atoms with van der Waals surface area (Å²) in [5.41, 5.74) is 2.82. The van der Waals surface area contributed by atoms with Gasteiger partial charge in [-0.2, -0.15) is 0 Å². The third-order valence-corrected chi connectivity index (χ3v) is 3.06. The highest BCUT2D eigenvalue weighted by Crippen LogP contribution is 2.27. The standard InChI is InChI=1S/C15H11ClN2/c1-10-9-14(18-15(16)17-10)13-8-4-6-11-5-2-3-7-12(11)13/h2-9H,1H3. The third-order valence-electron chi connectivity index (χ3n) is 2.89. The van der Waals surface area contributed by atoms with Crippen LogP contribution in [0.1, 0.15) is 5.69 Å². The first kappa shape index (κ1) is 11.2. The average molecular weight is 255 g/mol. The molecule has 88 valence electrons. The van der Waals surface area contributed by atoms with Crippen molar-refractivity contribution in [2.45, 2.75) is 6.92 Å². The fourth-order valence-corrected chi connectivity index (χ4v) is 2.34. The Balaban J connectivity index is 2.31. The maximum absolute atomic E-state index is 5.93. The number of benzene rings is 2. The van der Waals surface area contributed by atoms with Gasteiger partial charge >= 0.3 is 0 Å². The lowest BCUT2D eigenvalue weighted by Crippen LogP contribution is -1.91. The second-order valence-corrected chi connectivity index (χ2v) is 4.53. The van der Waals surface area contributed by atoms with Crippen molar-refractivity contribution in [3.63, 3.8) is 0 Å². The summed E-state index contributed by atoms with van der Waals surface area (Å²) in [7, 11) is 0. The minimum atomic E-state index is 0.290. The minimum absolute atomic E-state index is 0.290. The van der Waals surface area contributed by atoms with Gasteiger partial charge in [-0.3, -0.25) is 0 Å². The average Bonchev–Trinajstić information content (AvgIpc) is 2.37. The van der Waals surface area contributed by atoms with Gasteiger partial charge in [0.15, 0.2) is 0 Å².